The van der Waals surface area contributed by atoms with Crippen molar-refractivity contribution in [1.82, 2.24) is 4.90 Å². The Morgan fingerprint density at radius 1 is 1.04 bits per heavy atom. The van der Waals surface area contributed by atoms with Crippen molar-refractivity contribution in [3.05, 3.63) is 17.7 Å². The van der Waals surface area contributed by atoms with Gasteiger partial charge in [0.2, 0.25) is 5.75 Å². The summed E-state index contributed by atoms with van der Waals surface area (Å²) in [6.45, 7) is 1.66. The van der Waals surface area contributed by atoms with Gasteiger partial charge in [0, 0.05) is 13.1 Å². The number of carbonyl (C=O) groups excluding carboxylic acids is 2. The van der Waals surface area contributed by atoms with Gasteiger partial charge in [0.15, 0.2) is 18.1 Å². The first-order valence-corrected chi connectivity index (χ1v) is 7.43. The molecule has 1 aromatic rings. The molecule has 0 radical (unpaired) electrons. The summed E-state index contributed by atoms with van der Waals surface area (Å²) in [6, 6.07) is 2.95. The van der Waals surface area contributed by atoms with Crippen LogP contribution in [-0.4, -0.2) is 71.0 Å². The highest BCUT2D eigenvalue weighted by atomic mass is 16.5. The first kappa shape index (κ1) is 17.9. The number of morpholine rings is 1. The van der Waals surface area contributed by atoms with Crippen LogP contribution in [0, 0.1) is 0 Å². The molecule has 1 aromatic carbocycles. The van der Waals surface area contributed by atoms with Gasteiger partial charge in [-0.1, -0.05) is 0 Å². The zero-order valence-corrected chi connectivity index (χ0v) is 14.0. The van der Waals surface area contributed by atoms with E-state index < -0.39 is 5.97 Å². The van der Waals surface area contributed by atoms with Crippen LogP contribution >= 0.6 is 0 Å². The van der Waals surface area contributed by atoms with Crippen LogP contribution in [0.15, 0.2) is 12.1 Å². The smallest absolute Gasteiger partial charge is 0.338 e. The fraction of sp³-hybridized carbons (Fsp3) is 0.500. The lowest BCUT2D eigenvalue weighted by Crippen LogP contribution is -2.42. The molecule has 1 amide bonds. The molecule has 8 heteroatoms. The zero-order valence-electron chi connectivity index (χ0n) is 14.0. The van der Waals surface area contributed by atoms with Crippen LogP contribution in [0.2, 0.25) is 0 Å². The lowest BCUT2D eigenvalue weighted by atomic mass is 10.2. The Hall–Kier alpha value is -2.48. The summed E-state index contributed by atoms with van der Waals surface area (Å²) < 4.78 is 25.8. The number of hydrogen-bond acceptors (Lipinski definition) is 7. The van der Waals surface area contributed by atoms with E-state index in [1.807, 2.05) is 0 Å². The monoisotopic (exact) mass is 339 g/mol. The SMILES string of the molecule is COc1cc(C(=O)OCC(=O)N2CCOCC2)cc(OC)c1OC. The van der Waals surface area contributed by atoms with Gasteiger partial charge < -0.3 is 28.6 Å². The van der Waals surface area contributed by atoms with Crippen molar-refractivity contribution in [2.24, 2.45) is 0 Å². The van der Waals surface area contributed by atoms with Gasteiger partial charge in [-0.05, 0) is 12.1 Å². The molecule has 0 aliphatic carbocycles. The van der Waals surface area contributed by atoms with E-state index in [9.17, 15) is 9.59 Å². The topological polar surface area (TPSA) is 83.5 Å². The molecular weight excluding hydrogens is 318 g/mol. The van der Waals surface area contributed by atoms with Gasteiger partial charge in [0.25, 0.3) is 5.91 Å². The molecule has 0 spiro atoms. The maximum atomic E-state index is 12.2. The fourth-order valence-electron chi connectivity index (χ4n) is 2.31. The average molecular weight is 339 g/mol. The van der Waals surface area contributed by atoms with E-state index in [1.54, 1.807) is 4.90 Å². The Morgan fingerprint density at radius 2 is 1.62 bits per heavy atom. The second-order valence-corrected chi connectivity index (χ2v) is 4.98. The number of esters is 1. The second-order valence-electron chi connectivity index (χ2n) is 4.98. The number of carbonyl (C=O) groups is 2. The third-order valence-electron chi connectivity index (χ3n) is 3.59. The molecule has 24 heavy (non-hydrogen) atoms. The van der Waals surface area contributed by atoms with E-state index in [-0.39, 0.29) is 18.1 Å². The average Bonchev–Trinajstić information content (AvgIpc) is 2.65. The molecule has 0 N–H and O–H groups in total. The lowest BCUT2D eigenvalue weighted by Gasteiger charge is -2.26. The van der Waals surface area contributed by atoms with Crippen molar-refractivity contribution in [3.8, 4) is 17.2 Å². The lowest BCUT2D eigenvalue weighted by molar-refractivity contribution is -0.138. The highest BCUT2D eigenvalue weighted by Crippen LogP contribution is 2.38. The maximum Gasteiger partial charge on any atom is 0.338 e. The van der Waals surface area contributed by atoms with Crippen LogP contribution < -0.4 is 14.2 Å². The van der Waals surface area contributed by atoms with Gasteiger partial charge in [-0.2, -0.15) is 0 Å². The van der Waals surface area contributed by atoms with Crippen molar-refractivity contribution in [3.63, 3.8) is 0 Å². The minimum atomic E-state index is -0.643. The third kappa shape index (κ3) is 4.08. The number of rotatable bonds is 6. The van der Waals surface area contributed by atoms with Gasteiger partial charge in [0.1, 0.15) is 0 Å². The summed E-state index contributed by atoms with van der Waals surface area (Å²) in [5, 5.41) is 0. The molecule has 1 saturated heterocycles. The molecule has 8 nitrogen and oxygen atoms in total. The molecule has 1 fully saturated rings. The number of ether oxygens (including phenoxy) is 5. The number of methoxy groups -OCH3 is 3. The van der Waals surface area contributed by atoms with E-state index >= 15 is 0 Å². The maximum absolute atomic E-state index is 12.2. The molecule has 132 valence electrons. The van der Waals surface area contributed by atoms with Crippen molar-refractivity contribution in [2.45, 2.75) is 0 Å². The number of benzene rings is 1. The molecule has 1 aliphatic heterocycles. The van der Waals surface area contributed by atoms with E-state index in [2.05, 4.69) is 0 Å². The van der Waals surface area contributed by atoms with E-state index in [0.717, 1.165) is 0 Å². The van der Waals surface area contributed by atoms with Crippen LogP contribution in [0.3, 0.4) is 0 Å². The minimum absolute atomic E-state index is 0.208. The predicted molar refractivity (Wildman–Crippen MR) is 83.8 cm³/mol. The highest BCUT2D eigenvalue weighted by Gasteiger charge is 2.21. The first-order valence-electron chi connectivity index (χ1n) is 7.43. The van der Waals surface area contributed by atoms with E-state index in [0.29, 0.717) is 43.6 Å². The van der Waals surface area contributed by atoms with E-state index in [4.69, 9.17) is 23.7 Å². The first-order chi connectivity index (χ1) is 11.6. The van der Waals surface area contributed by atoms with Crippen LogP contribution in [0.5, 0.6) is 17.2 Å². The van der Waals surface area contributed by atoms with E-state index in [1.165, 1.54) is 33.5 Å². The van der Waals surface area contributed by atoms with Crippen LogP contribution in [0.25, 0.3) is 0 Å². The second kappa shape index (κ2) is 8.39. The molecule has 1 aliphatic rings. The van der Waals surface area contributed by atoms with Crippen molar-refractivity contribution >= 4 is 11.9 Å². The molecule has 0 aromatic heterocycles. The molecule has 1 heterocycles. The van der Waals surface area contributed by atoms with Crippen molar-refractivity contribution < 1.29 is 33.3 Å². The van der Waals surface area contributed by atoms with Gasteiger partial charge in [-0.3, -0.25) is 4.79 Å². The van der Waals surface area contributed by atoms with Crippen LogP contribution in [0.4, 0.5) is 0 Å². The molecular formula is C16H21NO7. The van der Waals surface area contributed by atoms with Crippen LogP contribution in [-0.2, 0) is 14.3 Å². The fourth-order valence-corrected chi connectivity index (χ4v) is 2.31. The molecule has 0 saturated carbocycles. The molecule has 0 unspecified atom stereocenters. The molecule has 0 atom stereocenters. The van der Waals surface area contributed by atoms with Gasteiger partial charge >= 0.3 is 5.97 Å². The predicted octanol–water partition coefficient (Wildman–Crippen LogP) is 0.728. The van der Waals surface area contributed by atoms with Gasteiger partial charge in [-0.25, -0.2) is 4.79 Å². The summed E-state index contributed by atoms with van der Waals surface area (Å²) in [6.07, 6.45) is 0. The normalized spacial score (nSPS) is 14.0. The Bertz CT molecular complexity index is 571. The van der Waals surface area contributed by atoms with Crippen molar-refractivity contribution in [1.29, 1.82) is 0 Å². The highest BCUT2D eigenvalue weighted by molar-refractivity contribution is 5.92. The molecule has 0 bridgehead atoms. The summed E-state index contributed by atoms with van der Waals surface area (Å²) in [5.41, 5.74) is 0.208. The minimum Gasteiger partial charge on any atom is -0.493 e. The molecule has 2 rings (SSSR count). The Morgan fingerprint density at radius 3 is 2.12 bits per heavy atom. The summed E-state index contributed by atoms with van der Waals surface area (Å²) >= 11 is 0. The Labute approximate surface area is 140 Å². The Balaban J connectivity index is 2.05. The summed E-state index contributed by atoms with van der Waals surface area (Å²) in [4.78, 5) is 25.8. The Kier molecular flexibility index (Phi) is 6.25. The number of amides is 1. The van der Waals surface area contributed by atoms with Gasteiger partial charge in [0.05, 0.1) is 40.1 Å². The standard InChI is InChI=1S/C16H21NO7/c1-20-12-8-11(9-13(21-2)15(12)22-3)16(19)24-10-14(18)17-4-6-23-7-5-17/h8-9H,4-7,10H2,1-3H3. The summed E-state index contributed by atoms with van der Waals surface area (Å²) in [5.74, 6) is 0.155. The number of nitrogens with zero attached hydrogens (tertiary/aromatic N) is 1. The van der Waals surface area contributed by atoms with Crippen molar-refractivity contribution in [2.75, 3.05) is 54.2 Å². The zero-order chi connectivity index (χ0) is 17.5. The number of hydrogen-bond donors (Lipinski definition) is 0. The largest absolute Gasteiger partial charge is 0.493 e. The summed E-state index contributed by atoms with van der Waals surface area (Å²) in [7, 11) is 4.38. The quantitative estimate of drug-likeness (QED) is 0.706. The van der Waals surface area contributed by atoms with Crippen LogP contribution in [0.1, 0.15) is 10.4 Å². The third-order valence-corrected chi connectivity index (χ3v) is 3.59. The van der Waals surface area contributed by atoms with Gasteiger partial charge in [-0.15, -0.1) is 0 Å².